The van der Waals surface area contributed by atoms with Gasteiger partial charge in [-0.2, -0.15) is 21.4 Å². The van der Waals surface area contributed by atoms with Gasteiger partial charge in [0.05, 0.1) is 48.5 Å². The molecular formula is C52H60N3O13S2+. The largest absolute Gasteiger partial charge is 0.492 e. The van der Waals surface area contributed by atoms with Crippen molar-refractivity contribution in [2.75, 3.05) is 57.8 Å². The van der Waals surface area contributed by atoms with Gasteiger partial charge in [-0.25, -0.2) is 4.79 Å². The molecule has 3 aliphatic rings. The summed E-state index contributed by atoms with van der Waals surface area (Å²) in [5.74, 6) is -0.601. The molecule has 372 valence electrons. The molecule has 18 heteroatoms. The summed E-state index contributed by atoms with van der Waals surface area (Å²) in [6, 6.07) is 20.7. The zero-order valence-corrected chi connectivity index (χ0v) is 41.8. The molecule has 1 unspecified atom stereocenters. The van der Waals surface area contributed by atoms with E-state index in [1.807, 2.05) is 78.3 Å². The molecule has 0 saturated carbocycles. The molecule has 0 aliphatic carbocycles. The van der Waals surface area contributed by atoms with Crippen LogP contribution in [0.3, 0.4) is 0 Å². The van der Waals surface area contributed by atoms with E-state index in [0.29, 0.717) is 59.6 Å². The number of aromatic hydroxyl groups is 2. The number of nitrogens with zero attached hydrogens (tertiary/aromatic N) is 3. The number of allylic oxidation sites excluding steroid dienone is 8. The summed E-state index contributed by atoms with van der Waals surface area (Å²) in [4.78, 5) is 20.2. The number of hydrogen-bond acceptors (Lipinski definition) is 13. The van der Waals surface area contributed by atoms with Crippen molar-refractivity contribution >= 4 is 60.2 Å². The van der Waals surface area contributed by atoms with E-state index in [1.54, 1.807) is 13.2 Å². The molecule has 1 aromatic heterocycles. The summed E-state index contributed by atoms with van der Waals surface area (Å²) in [6.07, 6.45) is 14.2. The highest BCUT2D eigenvalue weighted by Gasteiger charge is 2.48. The van der Waals surface area contributed by atoms with Crippen molar-refractivity contribution in [2.24, 2.45) is 0 Å². The first-order chi connectivity index (χ1) is 33.3. The van der Waals surface area contributed by atoms with Crippen LogP contribution in [-0.4, -0.2) is 111 Å². The number of benzene rings is 3. The Morgan fingerprint density at radius 2 is 1.61 bits per heavy atom. The van der Waals surface area contributed by atoms with Crippen LogP contribution in [0.2, 0.25) is 0 Å². The van der Waals surface area contributed by atoms with Gasteiger partial charge in [0.25, 0.3) is 20.2 Å². The van der Waals surface area contributed by atoms with Crippen LogP contribution in [0.15, 0.2) is 120 Å². The van der Waals surface area contributed by atoms with Crippen molar-refractivity contribution < 1.29 is 64.2 Å². The molecule has 4 aromatic rings. The van der Waals surface area contributed by atoms with Gasteiger partial charge in [-0.05, 0) is 76.0 Å². The summed E-state index contributed by atoms with van der Waals surface area (Å²) in [5.41, 5.74) is 6.45. The molecule has 3 N–H and O–H groups in total. The van der Waals surface area contributed by atoms with E-state index in [-0.39, 0.29) is 48.4 Å². The highest BCUT2D eigenvalue weighted by atomic mass is 32.2. The molecule has 0 bridgehead atoms. The lowest BCUT2D eigenvalue weighted by Crippen LogP contribution is -2.46. The van der Waals surface area contributed by atoms with Gasteiger partial charge in [0.15, 0.2) is 5.71 Å². The van der Waals surface area contributed by atoms with E-state index in [2.05, 4.69) is 43.9 Å². The smallest absolute Gasteiger partial charge is 0.333 e. The second kappa shape index (κ2) is 21.4. The maximum absolute atomic E-state index is 13.0. The molecule has 3 aromatic carbocycles. The highest BCUT2D eigenvalue weighted by molar-refractivity contribution is 7.86. The lowest BCUT2D eigenvalue weighted by molar-refractivity contribution is -0.437. The fraction of sp³-hybridized carbons (Fsp3) is 0.346. The Hall–Kier alpha value is -6.28. The van der Waals surface area contributed by atoms with E-state index < -0.39 is 43.4 Å². The van der Waals surface area contributed by atoms with E-state index in [9.17, 15) is 36.4 Å². The number of carbonyl (C=O) groups is 1. The SMILES string of the molecule is COCCOCCN1c2cc3c(cc2C(C)=CC1(C)C)C(=CC=CC=CC1=[N+](CCCS(=O)(=O)OC)c2ccc(S(=O)(=O)O)cc2C1(C)CCCC(=O)On1c(O)ccc1O)C=C(c1ccccc1)O3. The molecule has 7 rings (SSSR count). The summed E-state index contributed by atoms with van der Waals surface area (Å²) in [7, 11) is -5.70. The Bertz CT molecular complexity index is 3020. The third kappa shape index (κ3) is 11.5. The fourth-order valence-electron chi connectivity index (χ4n) is 9.25. The van der Waals surface area contributed by atoms with Gasteiger partial charge in [-0.3, -0.25) is 8.74 Å². The molecule has 70 heavy (non-hydrogen) atoms. The van der Waals surface area contributed by atoms with Crippen molar-refractivity contribution in [3.63, 3.8) is 0 Å². The first-order valence-corrected chi connectivity index (χ1v) is 25.9. The van der Waals surface area contributed by atoms with Crippen LogP contribution in [-0.2, 0) is 44.1 Å². The predicted octanol–water partition coefficient (Wildman–Crippen LogP) is 7.99. The Morgan fingerprint density at radius 3 is 2.31 bits per heavy atom. The van der Waals surface area contributed by atoms with Crippen molar-refractivity contribution in [3.05, 3.63) is 138 Å². The standard InChI is InChI=1S/C52H59N3O13S2/c1-36-35-51(2,3)54(26-27-66-29-28-64-5)44-34-46-41(33-40(36)44)38(31-45(67-46)37-15-9-7-10-16-37)17-11-8-12-18-47-52(4,24-13-19-50(58)68-55-48(56)22-23-49(55)57)42-32-39(70(61,62)63)20-21-43(42)53(47)25-14-30-69(59,60)65-6/h7-12,15-18,20-23,31-35H,13-14,19,24-30H2,1-6H3,(H2-,56,57,61,62,63)/p+1. The molecule has 4 heterocycles. The molecule has 0 spiro atoms. The third-order valence-corrected chi connectivity index (χ3v) is 14.8. The number of fused-ring (bicyclic) bond motifs is 3. The molecule has 16 nitrogen and oxygen atoms in total. The van der Waals surface area contributed by atoms with E-state index >= 15 is 0 Å². The fourth-order valence-corrected chi connectivity index (χ4v) is 10.4. The second-order valence-electron chi connectivity index (χ2n) is 17.9. The van der Waals surface area contributed by atoms with Crippen LogP contribution in [0.4, 0.5) is 11.4 Å². The van der Waals surface area contributed by atoms with Gasteiger partial charge >= 0.3 is 5.97 Å². The Balaban J connectivity index is 1.25. The number of aromatic nitrogens is 1. The van der Waals surface area contributed by atoms with Crippen LogP contribution in [0.25, 0.3) is 16.9 Å². The summed E-state index contributed by atoms with van der Waals surface area (Å²) in [6.45, 7) is 10.7. The number of carbonyl (C=O) groups excluding carboxylic acids is 1. The van der Waals surface area contributed by atoms with Crippen molar-refractivity contribution in [1.29, 1.82) is 0 Å². The van der Waals surface area contributed by atoms with E-state index in [0.717, 1.165) is 40.6 Å². The van der Waals surface area contributed by atoms with E-state index in [1.165, 1.54) is 24.3 Å². The predicted molar refractivity (Wildman–Crippen MR) is 268 cm³/mol. The van der Waals surface area contributed by atoms with E-state index in [4.69, 9.17) is 23.2 Å². The Morgan fingerprint density at radius 1 is 0.871 bits per heavy atom. The first kappa shape index (κ1) is 51.6. The number of ether oxygens (including phenoxy) is 3. The maximum atomic E-state index is 13.0. The minimum atomic E-state index is -4.63. The van der Waals surface area contributed by atoms with Crippen molar-refractivity contribution in [1.82, 2.24) is 4.73 Å². The zero-order valence-electron chi connectivity index (χ0n) is 40.1. The Labute approximate surface area is 409 Å². The van der Waals surface area contributed by atoms with Crippen LogP contribution in [0.1, 0.15) is 75.6 Å². The summed E-state index contributed by atoms with van der Waals surface area (Å²) >= 11 is 0. The quantitative estimate of drug-likeness (QED) is 0.0238. The average Bonchev–Trinajstić information content (AvgIpc) is 3.75. The molecule has 0 fully saturated rings. The number of anilines is 1. The topological polar surface area (TPSA) is 203 Å². The molecule has 0 radical (unpaired) electrons. The average molecular weight is 999 g/mol. The third-order valence-electron chi connectivity index (χ3n) is 12.7. The summed E-state index contributed by atoms with van der Waals surface area (Å²) in [5, 5.41) is 20.0. The van der Waals surface area contributed by atoms with Gasteiger partial charge in [-0.1, -0.05) is 60.7 Å². The molecule has 3 aliphatic heterocycles. The molecule has 0 saturated heterocycles. The van der Waals surface area contributed by atoms with Crippen molar-refractivity contribution in [3.8, 4) is 17.5 Å². The van der Waals surface area contributed by atoms with Gasteiger partial charge in [0, 0.05) is 84.8 Å². The molecule has 0 amide bonds. The minimum absolute atomic E-state index is 0.147. The van der Waals surface area contributed by atoms with Crippen LogP contribution >= 0.6 is 0 Å². The molecule has 1 atom stereocenters. The lowest BCUT2D eigenvalue weighted by Gasteiger charge is -2.44. The minimum Gasteiger partial charge on any atom is -0.492 e. The van der Waals surface area contributed by atoms with Crippen LogP contribution in [0, 0.1) is 0 Å². The number of hydrogen-bond donors (Lipinski definition) is 3. The van der Waals surface area contributed by atoms with Gasteiger partial charge in [0.2, 0.25) is 17.4 Å². The van der Waals surface area contributed by atoms with Gasteiger partial charge in [0.1, 0.15) is 18.1 Å². The molecular weight excluding hydrogens is 939 g/mol. The Kier molecular flexibility index (Phi) is 15.7. The number of methoxy groups -OCH3 is 1. The summed E-state index contributed by atoms with van der Waals surface area (Å²) < 4.78 is 84.9. The van der Waals surface area contributed by atoms with Crippen LogP contribution < -0.4 is 14.5 Å². The zero-order chi connectivity index (χ0) is 50.4. The maximum Gasteiger partial charge on any atom is 0.333 e. The monoisotopic (exact) mass is 998 g/mol. The number of rotatable bonds is 21. The lowest BCUT2D eigenvalue weighted by atomic mass is 9.75. The van der Waals surface area contributed by atoms with Crippen molar-refractivity contribution in [2.45, 2.75) is 69.2 Å². The normalized spacial score (nSPS) is 18.2. The highest BCUT2D eigenvalue weighted by Crippen LogP contribution is 2.47. The first-order valence-electron chi connectivity index (χ1n) is 22.8. The van der Waals surface area contributed by atoms with Gasteiger partial charge < -0.3 is 34.2 Å². The van der Waals surface area contributed by atoms with Gasteiger partial charge in [-0.15, -0.1) is 4.73 Å². The second-order valence-corrected chi connectivity index (χ2v) is 21.2. The van der Waals surface area contributed by atoms with Crippen LogP contribution in [0.5, 0.6) is 17.5 Å².